The van der Waals surface area contributed by atoms with Gasteiger partial charge in [0, 0.05) is 22.9 Å². The molecule has 25 heavy (non-hydrogen) atoms. The smallest absolute Gasteiger partial charge is 0.278 e. The van der Waals surface area contributed by atoms with Crippen LogP contribution in [-0.2, 0) is 11.8 Å². The van der Waals surface area contributed by atoms with Crippen molar-refractivity contribution in [3.05, 3.63) is 50.3 Å². The van der Waals surface area contributed by atoms with Gasteiger partial charge in [0.1, 0.15) is 5.52 Å². The molecule has 0 spiro atoms. The minimum absolute atomic E-state index is 0.144. The first-order chi connectivity index (χ1) is 11.8. The van der Waals surface area contributed by atoms with E-state index in [1.807, 2.05) is 38.1 Å². The Hall–Kier alpha value is -2.06. The Kier molecular flexibility index (Phi) is 5.01. The number of nitrogens with one attached hydrogen (secondary N) is 2. The molecule has 0 aliphatic heterocycles. The minimum atomic E-state index is -0.148. The molecular formula is C17H17BrN4O2S. The fourth-order valence-corrected chi connectivity index (χ4v) is 3.72. The average molecular weight is 421 g/mol. The van der Waals surface area contributed by atoms with Crippen LogP contribution in [0.15, 0.2) is 38.7 Å². The molecule has 6 nitrogen and oxygen atoms in total. The fraction of sp³-hybridized carbons (Fsp3) is 0.235. The van der Waals surface area contributed by atoms with Crippen molar-refractivity contribution in [1.82, 2.24) is 14.5 Å². The van der Waals surface area contributed by atoms with Crippen LogP contribution in [0.3, 0.4) is 0 Å². The molecule has 2 N–H and O–H groups in total. The van der Waals surface area contributed by atoms with E-state index in [1.165, 1.54) is 16.3 Å². The molecule has 130 valence electrons. The highest BCUT2D eigenvalue weighted by Gasteiger charge is 2.13. The highest BCUT2D eigenvalue weighted by molar-refractivity contribution is 9.10. The first-order valence-corrected chi connectivity index (χ1v) is 9.38. The topological polar surface area (TPSA) is 79.8 Å². The lowest BCUT2D eigenvalue weighted by molar-refractivity contribution is -0.113. The summed E-state index contributed by atoms with van der Waals surface area (Å²) >= 11 is 4.64. The number of hydrogen-bond donors (Lipinski definition) is 2. The van der Waals surface area contributed by atoms with Gasteiger partial charge in [-0.3, -0.25) is 14.2 Å². The first-order valence-electron chi connectivity index (χ1n) is 7.60. The van der Waals surface area contributed by atoms with Crippen molar-refractivity contribution >= 4 is 50.3 Å². The van der Waals surface area contributed by atoms with Gasteiger partial charge in [0.25, 0.3) is 5.56 Å². The van der Waals surface area contributed by atoms with Crippen LogP contribution in [0.1, 0.15) is 11.3 Å². The normalized spacial score (nSPS) is 11.0. The van der Waals surface area contributed by atoms with Crippen molar-refractivity contribution < 1.29 is 4.79 Å². The van der Waals surface area contributed by atoms with Gasteiger partial charge in [-0.25, -0.2) is 4.98 Å². The van der Waals surface area contributed by atoms with Gasteiger partial charge in [0.05, 0.1) is 11.3 Å². The Bertz CT molecular complexity index is 1030. The van der Waals surface area contributed by atoms with Crippen molar-refractivity contribution in [2.75, 3.05) is 11.1 Å². The molecule has 3 rings (SSSR count). The number of thioether (sulfide) groups is 1. The predicted octanol–water partition coefficient (Wildman–Crippen LogP) is 3.37. The van der Waals surface area contributed by atoms with Crippen LogP contribution in [0.5, 0.6) is 0 Å². The highest BCUT2D eigenvalue weighted by atomic mass is 79.9. The maximum absolute atomic E-state index is 12.3. The molecule has 0 fully saturated rings. The van der Waals surface area contributed by atoms with Crippen molar-refractivity contribution in [2.24, 2.45) is 7.05 Å². The molecule has 8 heteroatoms. The van der Waals surface area contributed by atoms with E-state index in [-0.39, 0.29) is 17.2 Å². The zero-order chi connectivity index (χ0) is 18.1. The lowest BCUT2D eigenvalue weighted by atomic mass is 10.2. The third kappa shape index (κ3) is 3.80. The molecule has 0 aliphatic carbocycles. The Balaban J connectivity index is 1.75. The van der Waals surface area contributed by atoms with Gasteiger partial charge in [-0.15, -0.1) is 0 Å². The summed E-state index contributed by atoms with van der Waals surface area (Å²) in [7, 11) is 1.66. The molecule has 0 atom stereocenters. The largest absolute Gasteiger partial charge is 0.353 e. The molecule has 1 amide bonds. The van der Waals surface area contributed by atoms with Crippen molar-refractivity contribution in [3.8, 4) is 0 Å². The lowest BCUT2D eigenvalue weighted by Crippen LogP contribution is -2.21. The van der Waals surface area contributed by atoms with E-state index in [1.54, 1.807) is 7.05 Å². The quantitative estimate of drug-likeness (QED) is 0.500. The van der Waals surface area contributed by atoms with E-state index < -0.39 is 0 Å². The Morgan fingerprint density at radius 3 is 2.84 bits per heavy atom. The summed E-state index contributed by atoms with van der Waals surface area (Å²) in [6, 6.07) is 7.50. The summed E-state index contributed by atoms with van der Waals surface area (Å²) in [5.41, 5.74) is 3.58. The highest BCUT2D eigenvalue weighted by Crippen LogP contribution is 2.21. The number of benzene rings is 1. The van der Waals surface area contributed by atoms with E-state index in [0.717, 1.165) is 21.4 Å². The summed E-state index contributed by atoms with van der Waals surface area (Å²) in [6.45, 7) is 3.81. The third-order valence-corrected chi connectivity index (χ3v) is 5.27. The molecule has 0 unspecified atom stereocenters. The predicted molar refractivity (Wildman–Crippen MR) is 104 cm³/mol. The van der Waals surface area contributed by atoms with Crippen LogP contribution >= 0.6 is 27.7 Å². The number of aromatic nitrogens is 3. The van der Waals surface area contributed by atoms with E-state index in [2.05, 4.69) is 31.2 Å². The molecule has 0 saturated carbocycles. The van der Waals surface area contributed by atoms with Gasteiger partial charge in [0.2, 0.25) is 5.91 Å². The second-order valence-electron chi connectivity index (χ2n) is 5.77. The van der Waals surface area contributed by atoms with Gasteiger partial charge in [0.15, 0.2) is 5.16 Å². The molecular weight excluding hydrogens is 404 g/mol. The number of rotatable bonds is 4. The lowest BCUT2D eigenvalue weighted by Gasteiger charge is -2.10. The molecule has 0 bridgehead atoms. The van der Waals surface area contributed by atoms with Gasteiger partial charge in [-0.05, 0) is 43.7 Å². The Morgan fingerprint density at radius 2 is 2.12 bits per heavy atom. The monoisotopic (exact) mass is 420 g/mol. The van der Waals surface area contributed by atoms with Crippen LogP contribution in [0.2, 0.25) is 0 Å². The number of anilines is 1. The van der Waals surface area contributed by atoms with Crippen LogP contribution in [-0.4, -0.2) is 26.2 Å². The Labute approximate surface area is 157 Å². The van der Waals surface area contributed by atoms with Gasteiger partial charge in [-0.2, -0.15) is 0 Å². The number of carbonyl (C=O) groups excluding carboxylic acids is 1. The summed E-state index contributed by atoms with van der Waals surface area (Å²) in [5, 5.41) is 3.39. The fourth-order valence-electron chi connectivity index (χ4n) is 2.47. The van der Waals surface area contributed by atoms with Crippen LogP contribution < -0.4 is 10.9 Å². The number of carbonyl (C=O) groups is 1. The second kappa shape index (κ2) is 7.05. The van der Waals surface area contributed by atoms with E-state index in [0.29, 0.717) is 16.2 Å². The number of H-pyrrole nitrogens is 1. The van der Waals surface area contributed by atoms with Crippen molar-refractivity contribution in [2.45, 2.75) is 19.0 Å². The van der Waals surface area contributed by atoms with Gasteiger partial charge < -0.3 is 10.3 Å². The summed E-state index contributed by atoms with van der Waals surface area (Å²) in [4.78, 5) is 32.1. The van der Waals surface area contributed by atoms with E-state index in [4.69, 9.17) is 0 Å². The Morgan fingerprint density at radius 1 is 1.36 bits per heavy atom. The maximum Gasteiger partial charge on any atom is 0.278 e. The minimum Gasteiger partial charge on any atom is -0.353 e. The molecule has 0 radical (unpaired) electrons. The first kappa shape index (κ1) is 17.8. The number of amides is 1. The summed E-state index contributed by atoms with van der Waals surface area (Å²) < 4.78 is 2.42. The standard InChI is InChI=1S/C17H17BrN4O2S/c1-9-6-11(18)4-5-12(9)20-14(23)8-25-17-21-13-7-10(2)19-15(13)16(24)22(17)3/h4-7,19H,8H2,1-3H3,(H,20,23). The number of hydrogen-bond acceptors (Lipinski definition) is 4. The van der Waals surface area contributed by atoms with Crippen LogP contribution in [0.4, 0.5) is 5.69 Å². The van der Waals surface area contributed by atoms with Gasteiger partial charge >= 0.3 is 0 Å². The van der Waals surface area contributed by atoms with Crippen LogP contribution in [0, 0.1) is 13.8 Å². The molecule has 0 saturated heterocycles. The SMILES string of the molecule is Cc1cc2nc(SCC(=O)Nc3ccc(Br)cc3C)n(C)c(=O)c2[nH]1. The van der Waals surface area contributed by atoms with Gasteiger partial charge in [-0.1, -0.05) is 27.7 Å². The number of halogens is 1. The molecule has 2 heterocycles. The number of nitrogens with zero attached hydrogens (tertiary/aromatic N) is 2. The maximum atomic E-state index is 12.3. The molecule has 2 aromatic heterocycles. The van der Waals surface area contributed by atoms with Crippen molar-refractivity contribution in [1.29, 1.82) is 0 Å². The van der Waals surface area contributed by atoms with Crippen LogP contribution in [0.25, 0.3) is 11.0 Å². The average Bonchev–Trinajstić information content (AvgIpc) is 2.93. The number of aromatic amines is 1. The zero-order valence-electron chi connectivity index (χ0n) is 14.0. The van der Waals surface area contributed by atoms with E-state index >= 15 is 0 Å². The summed E-state index contributed by atoms with van der Waals surface area (Å²) in [6.07, 6.45) is 0. The molecule has 3 aromatic rings. The molecule has 1 aromatic carbocycles. The third-order valence-electron chi connectivity index (χ3n) is 3.75. The second-order valence-corrected chi connectivity index (χ2v) is 7.63. The van der Waals surface area contributed by atoms with Crippen molar-refractivity contribution in [3.63, 3.8) is 0 Å². The van der Waals surface area contributed by atoms with E-state index in [9.17, 15) is 9.59 Å². The number of aryl methyl sites for hydroxylation is 2. The molecule has 0 aliphatic rings. The zero-order valence-corrected chi connectivity index (χ0v) is 16.4. The summed E-state index contributed by atoms with van der Waals surface area (Å²) in [5.74, 6) is 0.0278. The number of fused-ring (bicyclic) bond motifs is 1.